The van der Waals surface area contributed by atoms with Gasteiger partial charge in [-0.2, -0.15) is 0 Å². The van der Waals surface area contributed by atoms with E-state index >= 15 is 0 Å². The molecule has 0 saturated heterocycles. The Balaban J connectivity index is 0.000000960. The van der Waals surface area contributed by atoms with Crippen LogP contribution >= 0.6 is 0 Å². The van der Waals surface area contributed by atoms with E-state index in [1.54, 1.807) is 6.92 Å². The van der Waals surface area contributed by atoms with Gasteiger partial charge in [0.15, 0.2) is 0 Å². The van der Waals surface area contributed by atoms with Gasteiger partial charge in [0, 0.05) is 17.5 Å². The van der Waals surface area contributed by atoms with Crippen molar-refractivity contribution >= 4 is 23.0 Å². The zero-order valence-corrected chi connectivity index (χ0v) is 18.7. The molecule has 0 bridgehead atoms. The first-order valence-electron chi connectivity index (χ1n) is 10.3. The van der Waals surface area contributed by atoms with Crippen molar-refractivity contribution in [2.45, 2.75) is 60.8 Å². The molecule has 0 saturated carbocycles. The van der Waals surface area contributed by atoms with Crippen molar-refractivity contribution in [1.29, 1.82) is 5.41 Å². The second kappa shape index (κ2) is 12.0. The Morgan fingerprint density at radius 3 is 2.21 bits per heavy atom. The van der Waals surface area contributed by atoms with E-state index in [4.69, 9.17) is 11.1 Å². The van der Waals surface area contributed by atoms with Gasteiger partial charge in [0.05, 0.1) is 0 Å². The number of hydrogen-bond acceptors (Lipinski definition) is 2. The maximum Gasteiger partial charge on any atom is 0.126 e. The van der Waals surface area contributed by atoms with E-state index in [0.717, 1.165) is 34.3 Å². The summed E-state index contributed by atoms with van der Waals surface area (Å²) in [5.74, 6) is -0.197. The topological polar surface area (TPSA) is 49.9 Å². The van der Waals surface area contributed by atoms with E-state index in [2.05, 4.69) is 32.9 Å². The van der Waals surface area contributed by atoms with Gasteiger partial charge in [-0.1, -0.05) is 51.8 Å². The van der Waals surface area contributed by atoms with Crippen molar-refractivity contribution in [3.63, 3.8) is 0 Å². The molecule has 3 heteroatoms. The Labute approximate surface area is 175 Å². The predicted octanol–water partition coefficient (Wildman–Crippen LogP) is 7.73. The number of nitrogens with one attached hydrogen (secondary N) is 1. The lowest BCUT2D eigenvalue weighted by molar-refractivity contribution is 0.618. The highest BCUT2D eigenvalue weighted by Crippen LogP contribution is 2.32. The molecule has 0 aliphatic heterocycles. The molecule has 0 aromatic heterocycles. The van der Waals surface area contributed by atoms with Gasteiger partial charge in [-0.3, -0.25) is 0 Å². The molecule has 0 atom stereocenters. The fraction of sp³-hybridized carbons (Fsp3) is 0.346. The third-order valence-electron chi connectivity index (χ3n) is 4.89. The molecule has 0 aliphatic carbocycles. The number of anilines is 1. The zero-order valence-electron chi connectivity index (χ0n) is 18.7. The van der Waals surface area contributed by atoms with Crippen molar-refractivity contribution in [1.82, 2.24) is 0 Å². The normalized spacial score (nSPS) is 11.7. The fourth-order valence-corrected chi connectivity index (χ4v) is 2.85. The Hall–Kier alpha value is -2.68. The number of nitrogen functional groups attached to an aromatic ring is 1. The van der Waals surface area contributed by atoms with Crippen molar-refractivity contribution in [3.8, 4) is 0 Å². The first-order chi connectivity index (χ1) is 13.8. The van der Waals surface area contributed by atoms with Crippen LogP contribution in [0.4, 0.5) is 10.1 Å². The lowest BCUT2D eigenvalue weighted by Crippen LogP contribution is -1.99. The van der Waals surface area contributed by atoms with Crippen LogP contribution < -0.4 is 5.73 Å². The molecular weight excluding hydrogens is 359 g/mol. The molecule has 29 heavy (non-hydrogen) atoms. The quantitative estimate of drug-likeness (QED) is 0.224. The van der Waals surface area contributed by atoms with E-state index in [1.165, 1.54) is 25.1 Å². The molecule has 2 aromatic rings. The van der Waals surface area contributed by atoms with Crippen molar-refractivity contribution in [2.24, 2.45) is 0 Å². The third kappa shape index (κ3) is 6.70. The number of nitrogens with two attached hydrogens (primary N) is 1. The van der Waals surface area contributed by atoms with Gasteiger partial charge in [0.1, 0.15) is 5.82 Å². The molecule has 2 aromatic carbocycles. The highest BCUT2D eigenvalue weighted by atomic mass is 19.1. The van der Waals surface area contributed by atoms with Crippen LogP contribution in [-0.4, -0.2) is 6.21 Å². The number of aryl methyl sites for hydroxylation is 2. The number of halogens is 1. The summed E-state index contributed by atoms with van der Waals surface area (Å²) in [6, 6.07) is 9.04. The first-order valence-corrected chi connectivity index (χ1v) is 10.3. The van der Waals surface area contributed by atoms with Crippen LogP contribution in [0.25, 0.3) is 11.1 Å². The summed E-state index contributed by atoms with van der Waals surface area (Å²) in [5.41, 5.74) is 13.1. The maximum atomic E-state index is 13.6. The molecule has 3 N–H and O–H groups in total. The summed E-state index contributed by atoms with van der Waals surface area (Å²) < 4.78 is 13.6. The molecule has 2 rings (SSSR count). The standard InChI is InChI=1S/C22H25FN2.C4H10/c1-5-6-7-19(16(4)17-8-9-21(23)15(3)10-17)20-12-18(13-24)22(25)11-14(20)2;1-3-4-2/h6-13,24H,5,25H2,1-4H3;3-4H2,1-2H3/b7-6-,19-16-,24-13?;. The van der Waals surface area contributed by atoms with Crippen LogP contribution in [0.15, 0.2) is 42.5 Å². The Bertz CT molecular complexity index is 890. The number of benzene rings is 2. The van der Waals surface area contributed by atoms with Crippen LogP contribution in [0.3, 0.4) is 0 Å². The molecule has 0 heterocycles. The van der Waals surface area contributed by atoms with Crippen LogP contribution in [0, 0.1) is 25.1 Å². The SMILES string of the molecule is CC/C=C\C(=C(/C)c1ccc(F)c(C)c1)c1cc(C=N)c(N)cc1C.CCCC. The van der Waals surface area contributed by atoms with Gasteiger partial charge in [-0.25, -0.2) is 4.39 Å². The Morgan fingerprint density at radius 1 is 1.03 bits per heavy atom. The highest BCUT2D eigenvalue weighted by molar-refractivity contribution is 5.98. The monoisotopic (exact) mass is 394 g/mol. The minimum absolute atomic E-state index is 0.197. The van der Waals surface area contributed by atoms with E-state index in [9.17, 15) is 4.39 Å². The van der Waals surface area contributed by atoms with Gasteiger partial charge in [0.25, 0.3) is 0 Å². The highest BCUT2D eigenvalue weighted by Gasteiger charge is 2.11. The van der Waals surface area contributed by atoms with Crippen molar-refractivity contribution in [3.05, 3.63) is 76.1 Å². The molecule has 0 spiro atoms. The number of allylic oxidation sites excluding steroid dienone is 4. The predicted molar refractivity (Wildman–Crippen MR) is 127 cm³/mol. The van der Waals surface area contributed by atoms with Gasteiger partial charge in [-0.05, 0) is 84.9 Å². The van der Waals surface area contributed by atoms with E-state index < -0.39 is 0 Å². The molecule has 2 nitrogen and oxygen atoms in total. The summed E-state index contributed by atoms with van der Waals surface area (Å²) in [4.78, 5) is 0. The summed E-state index contributed by atoms with van der Waals surface area (Å²) in [5, 5.41) is 7.57. The van der Waals surface area contributed by atoms with Gasteiger partial charge >= 0.3 is 0 Å². The van der Waals surface area contributed by atoms with Crippen LogP contribution in [0.1, 0.15) is 74.8 Å². The van der Waals surface area contributed by atoms with E-state index in [-0.39, 0.29) is 5.82 Å². The average Bonchev–Trinajstić information content (AvgIpc) is 2.71. The van der Waals surface area contributed by atoms with Crippen molar-refractivity contribution in [2.75, 3.05) is 5.73 Å². The third-order valence-corrected chi connectivity index (χ3v) is 4.89. The number of rotatable bonds is 6. The fourth-order valence-electron chi connectivity index (χ4n) is 2.85. The maximum absolute atomic E-state index is 13.6. The Morgan fingerprint density at radius 2 is 1.69 bits per heavy atom. The van der Waals surface area contributed by atoms with Crippen LogP contribution in [0.5, 0.6) is 0 Å². The second-order valence-corrected chi connectivity index (χ2v) is 7.25. The minimum atomic E-state index is -0.197. The van der Waals surface area contributed by atoms with Gasteiger partial charge < -0.3 is 11.1 Å². The summed E-state index contributed by atoms with van der Waals surface area (Å²) in [7, 11) is 0. The van der Waals surface area contributed by atoms with Gasteiger partial charge in [-0.15, -0.1) is 0 Å². The van der Waals surface area contributed by atoms with Gasteiger partial charge in [0.2, 0.25) is 0 Å². The molecule has 0 unspecified atom stereocenters. The largest absolute Gasteiger partial charge is 0.398 e. The van der Waals surface area contributed by atoms with Crippen LogP contribution in [-0.2, 0) is 0 Å². The van der Waals surface area contributed by atoms with E-state index in [1.807, 2.05) is 38.1 Å². The van der Waals surface area contributed by atoms with Crippen molar-refractivity contribution < 1.29 is 4.39 Å². The lowest BCUT2D eigenvalue weighted by Gasteiger charge is -2.15. The van der Waals surface area contributed by atoms with Crippen LogP contribution in [0.2, 0.25) is 0 Å². The smallest absolute Gasteiger partial charge is 0.126 e. The zero-order chi connectivity index (χ0) is 22.0. The molecule has 0 aliphatic rings. The molecule has 0 radical (unpaired) electrons. The second-order valence-electron chi connectivity index (χ2n) is 7.25. The molecule has 0 fully saturated rings. The Kier molecular flexibility index (Phi) is 10.1. The number of unbranched alkanes of at least 4 members (excludes halogenated alkanes) is 1. The molecular formula is C26H35FN2. The summed E-state index contributed by atoms with van der Waals surface area (Å²) in [6.07, 6.45) is 9.04. The summed E-state index contributed by atoms with van der Waals surface area (Å²) in [6.45, 7) is 12.3. The lowest BCUT2D eigenvalue weighted by atomic mass is 9.90. The first kappa shape index (κ1) is 24.4. The minimum Gasteiger partial charge on any atom is -0.398 e. The average molecular weight is 395 g/mol. The molecule has 156 valence electrons. The van der Waals surface area contributed by atoms with E-state index in [0.29, 0.717) is 16.8 Å². The summed E-state index contributed by atoms with van der Waals surface area (Å²) >= 11 is 0. The number of hydrogen-bond donors (Lipinski definition) is 2. The molecule has 0 amide bonds.